The van der Waals surface area contributed by atoms with Crippen LogP contribution in [0.25, 0.3) is 0 Å². The van der Waals surface area contributed by atoms with Crippen LogP contribution in [-0.2, 0) is 0 Å². The number of nitrogens with zero attached hydrogens (tertiary/aromatic N) is 1. The minimum atomic E-state index is 0.889. The largest absolute Gasteiger partial charge is 0.317 e. The van der Waals surface area contributed by atoms with Gasteiger partial charge in [-0.05, 0) is 45.3 Å². The van der Waals surface area contributed by atoms with Crippen LogP contribution in [0.15, 0.2) is 12.7 Å². The molecule has 2 nitrogen and oxygen atoms in total. The normalized spacial score (nSPS) is 15.6. The topological polar surface area (TPSA) is 15.3 Å². The van der Waals surface area contributed by atoms with E-state index in [2.05, 4.69) is 23.7 Å². The number of hydrogen-bond donors (Lipinski definition) is 1. The highest BCUT2D eigenvalue weighted by Crippen LogP contribution is 2.26. The van der Waals surface area contributed by atoms with Crippen LogP contribution in [0.4, 0.5) is 0 Å². The molecule has 0 aromatic rings. The maximum Gasteiger partial charge on any atom is 0.0163 e. The van der Waals surface area contributed by atoms with Crippen LogP contribution >= 0.6 is 0 Å². The van der Waals surface area contributed by atoms with Gasteiger partial charge in [-0.1, -0.05) is 25.8 Å². The lowest BCUT2D eigenvalue weighted by Gasteiger charge is -2.19. The Morgan fingerprint density at radius 3 is 2.62 bits per heavy atom. The molecule has 2 heteroatoms. The Bertz CT molecular complexity index is 176. The molecule has 0 saturated heterocycles. The van der Waals surface area contributed by atoms with Crippen LogP contribution in [0.1, 0.15) is 45.4 Å². The van der Waals surface area contributed by atoms with Crippen molar-refractivity contribution in [3.8, 4) is 0 Å². The van der Waals surface area contributed by atoms with E-state index in [-0.39, 0.29) is 0 Å². The maximum atomic E-state index is 3.84. The van der Waals surface area contributed by atoms with E-state index in [1.165, 1.54) is 51.6 Å². The molecule has 0 heterocycles. The van der Waals surface area contributed by atoms with Crippen LogP contribution in [0.3, 0.4) is 0 Å². The zero-order valence-electron chi connectivity index (χ0n) is 10.9. The summed E-state index contributed by atoms with van der Waals surface area (Å²) in [4.78, 5) is 2.59. The fraction of sp³-hybridized carbons (Fsp3) is 0.857. The Hall–Kier alpha value is -0.340. The van der Waals surface area contributed by atoms with Gasteiger partial charge in [0.15, 0.2) is 0 Å². The molecule has 1 fully saturated rings. The summed E-state index contributed by atoms with van der Waals surface area (Å²) in [5.74, 6) is 0. The Morgan fingerprint density at radius 1 is 1.25 bits per heavy atom. The van der Waals surface area contributed by atoms with Gasteiger partial charge >= 0.3 is 0 Å². The molecule has 0 amide bonds. The standard InChI is InChI=1S/C14H28N2/c1-3-12-16(14-9-10-14)13-8-6-5-7-11-15-4-2/h3,14-15H,1,4-13H2,2H3. The average molecular weight is 224 g/mol. The first-order valence-corrected chi connectivity index (χ1v) is 6.94. The first-order chi connectivity index (χ1) is 7.88. The van der Waals surface area contributed by atoms with E-state index in [9.17, 15) is 0 Å². The molecule has 1 rings (SSSR count). The number of rotatable bonds is 11. The Kier molecular flexibility index (Phi) is 7.52. The summed E-state index contributed by atoms with van der Waals surface area (Å²) in [5.41, 5.74) is 0. The molecule has 16 heavy (non-hydrogen) atoms. The molecule has 0 bridgehead atoms. The second kappa shape index (κ2) is 8.77. The van der Waals surface area contributed by atoms with Crippen molar-refractivity contribution < 1.29 is 0 Å². The quantitative estimate of drug-likeness (QED) is 0.429. The predicted molar refractivity (Wildman–Crippen MR) is 71.8 cm³/mol. The third-order valence-electron chi connectivity index (χ3n) is 3.23. The molecule has 1 N–H and O–H groups in total. The summed E-state index contributed by atoms with van der Waals surface area (Å²) in [6.07, 6.45) is 10.3. The van der Waals surface area contributed by atoms with Gasteiger partial charge in [0.1, 0.15) is 0 Å². The van der Waals surface area contributed by atoms with E-state index in [4.69, 9.17) is 0 Å². The predicted octanol–water partition coefficient (Wildman–Crippen LogP) is 2.81. The zero-order chi connectivity index (χ0) is 11.6. The lowest BCUT2D eigenvalue weighted by Crippen LogP contribution is -2.27. The monoisotopic (exact) mass is 224 g/mol. The highest BCUT2D eigenvalue weighted by atomic mass is 15.2. The summed E-state index contributed by atoms with van der Waals surface area (Å²) in [5, 5.41) is 3.37. The minimum Gasteiger partial charge on any atom is -0.317 e. The molecule has 1 saturated carbocycles. The molecule has 94 valence electrons. The molecule has 0 radical (unpaired) electrons. The van der Waals surface area contributed by atoms with Gasteiger partial charge < -0.3 is 5.32 Å². The lowest BCUT2D eigenvalue weighted by atomic mass is 10.2. The first-order valence-electron chi connectivity index (χ1n) is 6.94. The maximum absolute atomic E-state index is 3.84. The van der Waals surface area contributed by atoms with Crippen molar-refractivity contribution in [2.24, 2.45) is 0 Å². The molecule has 0 atom stereocenters. The number of hydrogen-bond acceptors (Lipinski definition) is 2. The molecule has 0 unspecified atom stereocenters. The van der Waals surface area contributed by atoms with Crippen LogP contribution in [0, 0.1) is 0 Å². The molecule has 0 aromatic heterocycles. The SMILES string of the molecule is C=CCN(CCCCCCNCC)C1CC1. The highest BCUT2D eigenvalue weighted by Gasteiger charge is 2.27. The summed E-state index contributed by atoms with van der Waals surface area (Å²) in [6.45, 7) is 10.7. The van der Waals surface area contributed by atoms with E-state index in [0.717, 1.165) is 19.1 Å². The van der Waals surface area contributed by atoms with Crippen molar-refractivity contribution in [1.29, 1.82) is 0 Å². The molecular formula is C14H28N2. The molecule has 0 aromatic carbocycles. The van der Waals surface area contributed by atoms with E-state index in [0.29, 0.717) is 0 Å². The fourth-order valence-electron chi connectivity index (χ4n) is 2.12. The third-order valence-corrected chi connectivity index (χ3v) is 3.23. The van der Waals surface area contributed by atoms with E-state index >= 15 is 0 Å². The number of nitrogens with one attached hydrogen (secondary N) is 1. The van der Waals surface area contributed by atoms with E-state index in [1.807, 2.05) is 6.08 Å². The van der Waals surface area contributed by atoms with Crippen LogP contribution in [0.5, 0.6) is 0 Å². The van der Waals surface area contributed by atoms with Crippen LogP contribution in [0.2, 0.25) is 0 Å². The average Bonchev–Trinajstić information content (AvgIpc) is 3.10. The smallest absolute Gasteiger partial charge is 0.0163 e. The van der Waals surface area contributed by atoms with Gasteiger partial charge in [-0.2, -0.15) is 0 Å². The lowest BCUT2D eigenvalue weighted by molar-refractivity contribution is 0.284. The molecular weight excluding hydrogens is 196 g/mol. The third kappa shape index (κ3) is 6.29. The Balaban J connectivity index is 1.90. The molecule has 1 aliphatic carbocycles. The van der Waals surface area contributed by atoms with Gasteiger partial charge in [0.05, 0.1) is 0 Å². The van der Waals surface area contributed by atoms with Gasteiger partial charge in [-0.25, -0.2) is 0 Å². The van der Waals surface area contributed by atoms with Gasteiger partial charge in [0.25, 0.3) is 0 Å². The molecule has 0 spiro atoms. The fourth-order valence-corrected chi connectivity index (χ4v) is 2.12. The Labute approximate surface area is 101 Å². The number of unbranched alkanes of at least 4 members (excludes halogenated alkanes) is 3. The minimum absolute atomic E-state index is 0.889. The summed E-state index contributed by atoms with van der Waals surface area (Å²) in [6, 6.07) is 0.889. The van der Waals surface area contributed by atoms with Gasteiger partial charge in [-0.15, -0.1) is 6.58 Å². The Morgan fingerprint density at radius 2 is 2.00 bits per heavy atom. The van der Waals surface area contributed by atoms with E-state index < -0.39 is 0 Å². The second-order valence-corrected chi connectivity index (χ2v) is 4.78. The van der Waals surface area contributed by atoms with Gasteiger partial charge in [0.2, 0.25) is 0 Å². The second-order valence-electron chi connectivity index (χ2n) is 4.78. The molecule has 1 aliphatic rings. The van der Waals surface area contributed by atoms with Crippen molar-refractivity contribution in [3.05, 3.63) is 12.7 Å². The highest BCUT2D eigenvalue weighted by molar-refractivity contribution is 4.87. The summed E-state index contributed by atoms with van der Waals surface area (Å²) < 4.78 is 0. The van der Waals surface area contributed by atoms with Crippen molar-refractivity contribution in [2.75, 3.05) is 26.2 Å². The molecule has 0 aliphatic heterocycles. The van der Waals surface area contributed by atoms with Crippen LogP contribution in [-0.4, -0.2) is 37.1 Å². The van der Waals surface area contributed by atoms with Crippen molar-refractivity contribution in [1.82, 2.24) is 10.2 Å². The van der Waals surface area contributed by atoms with Gasteiger partial charge in [-0.3, -0.25) is 4.90 Å². The zero-order valence-corrected chi connectivity index (χ0v) is 10.9. The first kappa shape index (κ1) is 13.7. The van der Waals surface area contributed by atoms with Crippen molar-refractivity contribution in [3.63, 3.8) is 0 Å². The van der Waals surface area contributed by atoms with Crippen molar-refractivity contribution >= 4 is 0 Å². The van der Waals surface area contributed by atoms with Crippen LogP contribution < -0.4 is 5.32 Å². The van der Waals surface area contributed by atoms with Crippen molar-refractivity contribution in [2.45, 2.75) is 51.5 Å². The van der Waals surface area contributed by atoms with Gasteiger partial charge in [0, 0.05) is 12.6 Å². The summed E-state index contributed by atoms with van der Waals surface area (Å²) in [7, 11) is 0. The van der Waals surface area contributed by atoms with E-state index in [1.54, 1.807) is 0 Å². The summed E-state index contributed by atoms with van der Waals surface area (Å²) >= 11 is 0.